The molecule has 0 N–H and O–H groups in total. The van der Waals surface area contributed by atoms with E-state index in [1.165, 1.54) is 11.3 Å². The minimum absolute atomic E-state index is 0.181. The van der Waals surface area contributed by atoms with Crippen molar-refractivity contribution in [3.05, 3.63) is 117 Å². The normalized spacial score (nSPS) is 14.6. The maximum atomic E-state index is 14.1. The summed E-state index contributed by atoms with van der Waals surface area (Å²) in [6, 6.07) is 18.3. The molecular formula is C33H30Br2N2O6S. The predicted molar refractivity (Wildman–Crippen MR) is 177 cm³/mol. The second kappa shape index (κ2) is 14.0. The minimum Gasteiger partial charge on any atom is -0.493 e. The average Bonchev–Trinajstić information content (AvgIpc) is 3.31. The number of thiazole rings is 1. The molecule has 8 nitrogen and oxygen atoms in total. The lowest BCUT2D eigenvalue weighted by atomic mass is 9.95. The smallest absolute Gasteiger partial charge is 0.338 e. The van der Waals surface area contributed by atoms with Gasteiger partial charge in [0, 0.05) is 4.47 Å². The molecule has 0 aliphatic carbocycles. The summed E-state index contributed by atoms with van der Waals surface area (Å²) in [7, 11) is 1.55. The average molecular weight is 742 g/mol. The summed E-state index contributed by atoms with van der Waals surface area (Å²) in [4.78, 5) is 32.5. The van der Waals surface area contributed by atoms with Gasteiger partial charge in [-0.25, -0.2) is 9.79 Å². The van der Waals surface area contributed by atoms with Gasteiger partial charge < -0.3 is 18.9 Å². The summed E-state index contributed by atoms with van der Waals surface area (Å²) < 4.78 is 26.2. The second-order valence-corrected chi connectivity index (χ2v) is 12.4. The van der Waals surface area contributed by atoms with E-state index in [1.54, 1.807) is 37.7 Å². The van der Waals surface area contributed by atoms with Crippen LogP contribution in [-0.4, -0.2) is 30.9 Å². The van der Waals surface area contributed by atoms with Crippen molar-refractivity contribution in [1.29, 1.82) is 0 Å². The molecule has 0 bridgehead atoms. The van der Waals surface area contributed by atoms with Crippen molar-refractivity contribution in [1.82, 2.24) is 4.57 Å². The molecule has 228 valence electrons. The van der Waals surface area contributed by atoms with Gasteiger partial charge in [-0.1, -0.05) is 63.7 Å². The van der Waals surface area contributed by atoms with Crippen LogP contribution in [0.5, 0.6) is 17.2 Å². The highest BCUT2D eigenvalue weighted by molar-refractivity contribution is 9.10. The first-order valence-electron chi connectivity index (χ1n) is 13.9. The van der Waals surface area contributed by atoms with Gasteiger partial charge in [0.25, 0.3) is 5.56 Å². The number of carbonyl (C=O) groups is 1. The molecule has 3 aromatic carbocycles. The van der Waals surface area contributed by atoms with Crippen molar-refractivity contribution in [3.8, 4) is 17.2 Å². The molecule has 5 rings (SSSR count). The van der Waals surface area contributed by atoms with Crippen LogP contribution in [0.1, 0.15) is 43.5 Å². The Morgan fingerprint density at radius 3 is 2.43 bits per heavy atom. The summed E-state index contributed by atoms with van der Waals surface area (Å²) in [6.45, 7) is 6.44. The number of allylic oxidation sites excluding steroid dienone is 1. The van der Waals surface area contributed by atoms with Crippen molar-refractivity contribution < 1.29 is 23.7 Å². The van der Waals surface area contributed by atoms with E-state index in [0.29, 0.717) is 55.5 Å². The number of rotatable bonds is 10. The van der Waals surface area contributed by atoms with Gasteiger partial charge in [-0.3, -0.25) is 9.36 Å². The van der Waals surface area contributed by atoms with E-state index in [2.05, 4.69) is 36.9 Å². The number of aromatic nitrogens is 1. The third-order valence-corrected chi connectivity index (χ3v) is 9.17. The van der Waals surface area contributed by atoms with E-state index >= 15 is 0 Å². The van der Waals surface area contributed by atoms with E-state index in [1.807, 2.05) is 61.5 Å². The SMILES string of the molecule is CCOC(=O)C1=C(C)N=c2s/c(=C/c3ccc(OCc4ccccc4)c(Br)c3)c(=O)n2[C@H]1c1cc(OC)c(OCC)cc1Br. The lowest BCUT2D eigenvalue weighted by Crippen LogP contribution is -2.40. The van der Waals surface area contributed by atoms with Crippen molar-refractivity contribution in [2.75, 3.05) is 20.3 Å². The zero-order valence-corrected chi connectivity index (χ0v) is 28.5. The zero-order valence-electron chi connectivity index (χ0n) is 24.6. The molecule has 4 aromatic rings. The maximum absolute atomic E-state index is 14.1. The van der Waals surface area contributed by atoms with E-state index in [0.717, 1.165) is 15.6 Å². The van der Waals surface area contributed by atoms with Crippen LogP contribution < -0.4 is 29.1 Å². The van der Waals surface area contributed by atoms with Gasteiger partial charge in [-0.05, 0) is 83.7 Å². The number of halogens is 2. The summed E-state index contributed by atoms with van der Waals surface area (Å²) in [5, 5.41) is 0. The minimum atomic E-state index is -0.813. The number of benzene rings is 3. The molecule has 1 aliphatic heterocycles. The highest BCUT2D eigenvalue weighted by Gasteiger charge is 2.35. The zero-order chi connectivity index (χ0) is 31.4. The number of nitrogens with zero attached hydrogens (tertiary/aromatic N) is 2. The molecule has 0 unspecified atom stereocenters. The van der Waals surface area contributed by atoms with Crippen LogP contribution in [0.2, 0.25) is 0 Å². The van der Waals surface area contributed by atoms with Gasteiger partial charge in [-0.15, -0.1) is 0 Å². The molecule has 1 atom stereocenters. The fourth-order valence-corrected chi connectivity index (χ4v) is 6.98. The van der Waals surface area contributed by atoms with Crippen LogP contribution >= 0.6 is 43.2 Å². The molecule has 0 spiro atoms. The van der Waals surface area contributed by atoms with Crippen molar-refractivity contribution >= 4 is 55.2 Å². The van der Waals surface area contributed by atoms with Crippen LogP contribution in [0.15, 0.2) is 90.7 Å². The summed E-state index contributed by atoms with van der Waals surface area (Å²) in [5.41, 5.74) is 2.97. The third-order valence-electron chi connectivity index (χ3n) is 6.89. The molecule has 0 amide bonds. The first kappa shape index (κ1) is 31.7. The first-order valence-corrected chi connectivity index (χ1v) is 16.3. The molecule has 2 heterocycles. The van der Waals surface area contributed by atoms with E-state index in [-0.39, 0.29) is 17.7 Å². The molecule has 0 saturated carbocycles. The molecule has 44 heavy (non-hydrogen) atoms. The Labute approximate surface area is 275 Å². The van der Waals surface area contributed by atoms with Gasteiger partial charge in [0.05, 0.1) is 46.6 Å². The van der Waals surface area contributed by atoms with Crippen molar-refractivity contribution in [3.63, 3.8) is 0 Å². The predicted octanol–water partition coefficient (Wildman–Crippen LogP) is 6.31. The molecule has 0 radical (unpaired) electrons. The van der Waals surface area contributed by atoms with Crippen molar-refractivity contribution in [2.24, 2.45) is 4.99 Å². The Kier molecular flexibility index (Phi) is 10.1. The van der Waals surface area contributed by atoms with E-state index < -0.39 is 12.0 Å². The summed E-state index contributed by atoms with van der Waals surface area (Å²) in [6.07, 6.45) is 1.81. The number of ether oxygens (including phenoxy) is 4. The Morgan fingerprint density at radius 2 is 1.75 bits per heavy atom. The number of hydrogen-bond acceptors (Lipinski definition) is 8. The number of carbonyl (C=O) groups excluding carboxylic acids is 1. The second-order valence-electron chi connectivity index (χ2n) is 9.72. The van der Waals surface area contributed by atoms with Gasteiger partial charge in [0.1, 0.15) is 12.4 Å². The lowest BCUT2D eigenvalue weighted by molar-refractivity contribution is -0.139. The molecule has 1 aliphatic rings. The fraction of sp³-hybridized carbons (Fsp3) is 0.242. The van der Waals surface area contributed by atoms with Crippen LogP contribution in [0.4, 0.5) is 0 Å². The van der Waals surface area contributed by atoms with E-state index in [4.69, 9.17) is 18.9 Å². The topological polar surface area (TPSA) is 88.4 Å². The first-order chi connectivity index (χ1) is 21.2. The highest BCUT2D eigenvalue weighted by Crippen LogP contribution is 2.41. The molecule has 1 aromatic heterocycles. The molecular weight excluding hydrogens is 712 g/mol. The molecule has 0 saturated heterocycles. The van der Waals surface area contributed by atoms with Crippen LogP contribution in [0.25, 0.3) is 6.08 Å². The van der Waals surface area contributed by atoms with Gasteiger partial charge in [-0.2, -0.15) is 0 Å². The van der Waals surface area contributed by atoms with Crippen LogP contribution in [0.3, 0.4) is 0 Å². The molecule has 0 fully saturated rings. The van der Waals surface area contributed by atoms with E-state index in [9.17, 15) is 9.59 Å². The quantitative estimate of drug-likeness (QED) is 0.177. The molecule has 11 heteroatoms. The number of fused-ring (bicyclic) bond motifs is 1. The lowest BCUT2D eigenvalue weighted by Gasteiger charge is -2.26. The third kappa shape index (κ3) is 6.55. The number of hydrogen-bond donors (Lipinski definition) is 0. The Hall–Kier alpha value is -3.67. The van der Waals surface area contributed by atoms with Crippen LogP contribution in [0, 0.1) is 0 Å². The van der Waals surface area contributed by atoms with Crippen LogP contribution in [-0.2, 0) is 16.1 Å². The highest BCUT2D eigenvalue weighted by atomic mass is 79.9. The fourth-order valence-electron chi connectivity index (χ4n) is 4.88. The monoisotopic (exact) mass is 740 g/mol. The van der Waals surface area contributed by atoms with Gasteiger partial charge in [0.2, 0.25) is 0 Å². The Balaban J connectivity index is 1.59. The summed E-state index contributed by atoms with van der Waals surface area (Å²) >= 11 is 8.51. The number of methoxy groups -OCH3 is 1. The van der Waals surface area contributed by atoms with Gasteiger partial charge >= 0.3 is 5.97 Å². The Morgan fingerprint density at radius 1 is 0.977 bits per heavy atom. The van der Waals surface area contributed by atoms with Crippen molar-refractivity contribution in [2.45, 2.75) is 33.4 Å². The largest absolute Gasteiger partial charge is 0.493 e. The standard InChI is InChI=1S/C33H30Br2N2O6S/c1-5-41-27-17-23(34)22(16-26(27)40-4)30-29(32(39)42-6-2)19(3)36-33-37(30)31(38)28(44-33)15-21-12-13-25(24(35)14-21)43-18-20-10-8-7-9-11-20/h7-17,30H,5-6,18H2,1-4H3/b28-15+/t30-/m0/s1. The van der Waals surface area contributed by atoms with Gasteiger partial charge in [0.15, 0.2) is 16.3 Å². The Bertz CT molecular complexity index is 1920. The maximum Gasteiger partial charge on any atom is 0.338 e. The number of esters is 1. The summed E-state index contributed by atoms with van der Waals surface area (Å²) in [5.74, 6) is 1.17.